The van der Waals surface area contributed by atoms with Gasteiger partial charge < -0.3 is 10.4 Å². The molecular formula is C22H17ClF3N3O. The lowest BCUT2D eigenvalue weighted by molar-refractivity contribution is -0.140. The van der Waals surface area contributed by atoms with E-state index in [-0.39, 0.29) is 29.4 Å². The molecule has 0 spiro atoms. The van der Waals surface area contributed by atoms with Crippen molar-refractivity contribution in [3.63, 3.8) is 0 Å². The van der Waals surface area contributed by atoms with E-state index in [1.807, 2.05) is 12.1 Å². The summed E-state index contributed by atoms with van der Waals surface area (Å²) in [5.41, 5.74) is 2.51. The highest BCUT2D eigenvalue weighted by Crippen LogP contribution is 2.36. The Morgan fingerprint density at radius 1 is 0.867 bits per heavy atom. The minimum absolute atomic E-state index is 0. The average molecular weight is 432 g/mol. The summed E-state index contributed by atoms with van der Waals surface area (Å²) >= 11 is 0. The second-order valence-corrected chi connectivity index (χ2v) is 6.64. The molecule has 4 rings (SSSR count). The molecule has 2 aromatic carbocycles. The molecular weight excluding hydrogens is 415 g/mol. The number of hydrogen-bond acceptors (Lipinski definition) is 4. The molecule has 2 heterocycles. The lowest BCUT2D eigenvalue weighted by Gasteiger charge is -2.16. The van der Waals surface area contributed by atoms with E-state index in [1.165, 1.54) is 12.1 Å². The maximum atomic E-state index is 13.4. The predicted molar refractivity (Wildman–Crippen MR) is 113 cm³/mol. The first-order valence-corrected chi connectivity index (χ1v) is 8.80. The average Bonchev–Trinajstić information content (AvgIpc) is 2.70. The Morgan fingerprint density at radius 3 is 2.30 bits per heavy atom. The fourth-order valence-electron chi connectivity index (χ4n) is 3.09. The molecule has 0 atom stereocenters. The number of anilines is 2. The Morgan fingerprint density at radius 2 is 1.60 bits per heavy atom. The third-order valence-corrected chi connectivity index (χ3v) is 4.60. The van der Waals surface area contributed by atoms with Gasteiger partial charge in [-0.05, 0) is 60.0 Å². The van der Waals surface area contributed by atoms with Crippen molar-refractivity contribution in [2.75, 3.05) is 5.32 Å². The van der Waals surface area contributed by atoms with Crippen molar-refractivity contribution in [1.82, 2.24) is 9.97 Å². The normalized spacial score (nSPS) is 11.2. The monoisotopic (exact) mass is 431 g/mol. The second kappa shape index (κ2) is 8.20. The van der Waals surface area contributed by atoms with Gasteiger partial charge in [-0.1, -0.05) is 12.1 Å². The summed E-state index contributed by atoms with van der Waals surface area (Å²) in [5, 5.41) is 13.3. The quantitative estimate of drug-likeness (QED) is 0.389. The van der Waals surface area contributed by atoms with Gasteiger partial charge in [0.1, 0.15) is 11.4 Å². The largest absolute Gasteiger partial charge is 0.508 e. The molecule has 0 saturated heterocycles. The van der Waals surface area contributed by atoms with Crippen LogP contribution in [0, 0.1) is 6.92 Å². The van der Waals surface area contributed by atoms with Gasteiger partial charge in [0.2, 0.25) is 0 Å². The van der Waals surface area contributed by atoms with Gasteiger partial charge in [-0.2, -0.15) is 13.2 Å². The Hall–Kier alpha value is -3.32. The number of halogens is 4. The molecule has 2 aromatic heterocycles. The van der Waals surface area contributed by atoms with E-state index in [4.69, 9.17) is 0 Å². The van der Waals surface area contributed by atoms with Gasteiger partial charge in [0.05, 0.1) is 11.2 Å². The van der Waals surface area contributed by atoms with Crippen LogP contribution in [-0.4, -0.2) is 15.1 Å². The van der Waals surface area contributed by atoms with Gasteiger partial charge in [-0.15, -0.1) is 12.4 Å². The molecule has 0 aliphatic heterocycles. The van der Waals surface area contributed by atoms with Crippen molar-refractivity contribution in [2.24, 2.45) is 0 Å². The molecule has 2 N–H and O–H groups in total. The van der Waals surface area contributed by atoms with Crippen molar-refractivity contribution in [3.8, 4) is 16.9 Å². The molecule has 0 bridgehead atoms. The van der Waals surface area contributed by atoms with E-state index in [2.05, 4.69) is 15.3 Å². The van der Waals surface area contributed by atoms with Crippen LogP contribution in [0.25, 0.3) is 22.0 Å². The van der Waals surface area contributed by atoms with Crippen LogP contribution in [0.2, 0.25) is 0 Å². The zero-order chi connectivity index (χ0) is 20.6. The Labute approximate surface area is 176 Å². The van der Waals surface area contributed by atoms with E-state index >= 15 is 0 Å². The second-order valence-electron chi connectivity index (χ2n) is 6.64. The fourth-order valence-corrected chi connectivity index (χ4v) is 3.09. The van der Waals surface area contributed by atoms with Gasteiger partial charge in [-0.3, -0.25) is 4.98 Å². The van der Waals surface area contributed by atoms with E-state index in [0.717, 1.165) is 22.8 Å². The van der Waals surface area contributed by atoms with Crippen molar-refractivity contribution in [1.29, 1.82) is 0 Å². The zero-order valence-corrected chi connectivity index (χ0v) is 16.6. The highest BCUT2D eigenvalue weighted by Gasteiger charge is 2.33. The van der Waals surface area contributed by atoms with Crippen LogP contribution < -0.4 is 5.32 Å². The summed E-state index contributed by atoms with van der Waals surface area (Å²) < 4.78 is 40.2. The first-order valence-electron chi connectivity index (χ1n) is 8.80. The molecule has 0 aliphatic rings. The number of nitrogens with one attached hydrogen (secondary N) is 1. The summed E-state index contributed by atoms with van der Waals surface area (Å²) in [6.07, 6.45) is -1.28. The van der Waals surface area contributed by atoms with Crippen LogP contribution >= 0.6 is 12.4 Å². The molecule has 30 heavy (non-hydrogen) atoms. The Balaban J connectivity index is 0.00000256. The van der Waals surface area contributed by atoms with Crippen LogP contribution in [0.4, 0.5) is 24.5 Å². The van der Waals surface area contributed by atoms with E-state index in [0.29, 0.717) is 11.1 Å². The summed E-state index contributed by atoms with van der Waals surface area (Å²) in [6.45, 7) is 1.80. The summed E-state index contributed by atoms with van der Waals surface area (Å²) in [4.78, 5) is 7.79. The molecule has 0 unspecified atom stereocenters. The minimum Gasteiger partial charge on any atom is -0.508 e. The maximum absolute atomic E-state index is 13.4. The van der Waals surface area contributed by atoms with Crippen LogP contribution in [-0.2, 0) is 6.18 Å². The van der Waals surface area contributed by atoms with Gasteiger partial charge in [0.15, 0.2) is 0 Å². The molecule has 0 radical (unpaired) electrons. The number of fused-ring (bicyclic) bond motifs is 1. The first-order chi connectivity index (χ1) is 13.8. The van der Waals surface area contributed by atoms with Gasteiger partial charge in [-0.25, -0.2) is 4.98 Å². The molecule has 0 saturated carbocycles. The van der Waals surface area contributed by atoms with Crippen molar-refractivity contribution >= 4 is 34.7 Å². The van der Waals surface area contributed by atoms with Gasteiger partial charge in [0.25, 0.3) is 0 Å². The Bertz CT molecular complexity index is 1200. The lowest BCUT2D eigenvalue weighted by atomic mass is 10.0. The number of rotatable bonds is 3. The van der Waals surface area contributed by atoms with Crippen LogP contribution in [0.5, 0.6) is 5.75 Å². The van der Waals surface area contributed by atoms with E-state index in [1.54, 1.807) is 43.6 Å². The topological polar surface area (TPSA) is 58.0 Å². The van der Waals surface area contributed by atoms with E-state index < -0.39 is 11.9 Å². The number of pyridine rings is 2. The SMILES string of the molecule is Cc1ccc(O)cc1Nc1cc(C(F)(F)F)nc2ccc(-c3ccncc3)cc12.Cl. The first kappa shape index (κ1) is 21.4. The molecule has 0 fully saturated rings. The maximum Gasteiger partial charge on any atom is 0.433 e. The molecule has 4 nitrogen and oxygen atoms in total. The molecule has 8 heteroatoms. The van der Waals surface area contributed by atoms with Crippen molar-refractivity contribution < 1.29 is 18.3 Å². The van der Waals surface area contributed by atoms with Crippen LogP contribution in [0.1, 0.15) is 11.3 Å². The number of aromatic hydroxyl groups is 1. The molecule has 4 aromatic rings. The number of aromatic nitrogens is 2. The van der Waals surface area contributed by atoms with Crippen molar-refractivity contribution in [2.45, 2.75) is 13.1 Å². The number of nitrogens with zero attached hydrogens (tertiary/aromatic N) is 2. The Kier molecular flexibility index (Phi) is 5.85. The zero-order valence-electron chi connectivity index (χ0n) is 15.7. The van der Waals surface area contributed by atoms with Crippen LogP contribution in [0.3, 0.4) is 0 Å². The van der Waals surface area contributed by atoms with Gasteiger partial charge in [0, 0.05) is 29.5 Å². The number of aryl methyl sites for hydroxylation is 1. The molecule has 154 valence electrons. The van der Waals surface area contributed by atoms with Crippen molar-refractivity contribution in [3.05, 3.63) is 78.2 Å². The third kappa shape index (κ3) is 4.31. The highest BCUT2D eigenvalue weighted by molar-refractivity contribution is 5.96. The number of benzene rings is 2. The lowest BCUT2D eigenvalue weighted by Crippen LogP contribution is -2.09. The smallest absolute Gasteiger partial charge is 0.433 e. The predicted octanol–water partition coefficient (Wildman–Crippen LogP) is 6.50. The van der Waals surface area contributed by atoms with E-state index in [9.17, 15) is 18.3 Å². The highest BCUT2D eigenvalue weighted by atomic mass is 35.5. The molecule has 0 amide bonds. The standard InChI is InChI=1S/C22H16F3N3O.ClH/c1-13-2-4-16(29)11-19(13)27-20-12-21(22(23,24)25)28-18-5-3-15(10-17(18)20)14-6-8-26-9-7-14;/h2-12,29H,1H3,(H,27,28);1H. The summed E-state index contributed by atoms with van der Waals surface area (Å²) in [7, 11) is 0. The fraction of sp³-hybridized carbons (Fsp3) is 0.0909. The molecule has 0 aliphatic carbocycles. The third-order valence-electron chi connectivity index (χ3n) is 4.60. The summed E-state index contributed by atoms with van der Waals surface area (Å²) in [5.74, 6) is 0.0185. The number of alkyl halides is 3. The minimum atomic E-state index is -4.58. The number of phenolic OH excluding ortho intramolecular Hbond substituents is 1. The number of hydrogen-bond donors (Lipinski definition) is 2. The number of phenols is 1. The summed E-state index contributed by atoms with van der Waals surface area (Å²) in [6, 6.07) is 14.4. The van der Waals surface area contributed by atoms with Gasteiger partial charge >= 0.3 is 6.18 Å². The van der Waals surface area contributed by atoms with Crippen LogP contribution in [0.15, 0.2) is 67.0 Å².